The summed E-state index contributed by atoms with van der Waals surface area (Å²) in [7, 11) is 0. The lowest BCUT2D eigenvalue weighted by Crippen LogP contribution is -2.11. The monoisotopic (exact) mass is 233 g/mol. The molecule has 2 nitrogen and oxygen atoms in total. The van der Waals surface area contributed by atoms with E-state index in [1.165, 1.54) is 0 Å². The molecular weight excluding hydrogens is 212 g/mol. The summed E-state index contributed by atoms with van der Waals surface area (Å²) in [4.78, 5) is 11.8. The van der Waals surface area contributed by atoms with E-state index in [1.54, 1.807) is 24.3 Å². The van der Waals surface area contributed by atoms with Gasteiger partial charge in [-0.05, 0) is 18.8 Å². The van der Waals surface area contributed by atoms with Crippen LogP contribution in [0.25, 0.3) is 0 Å². The smallest absolute Gasteiger partial charge is 0.197 e. The van der Waals surface area contributed by atoms with Crippen LogP contribution in [0.5, 0.6) is 0 Å². The first-order chi connectivity index (χ1) is 8.11. The van der Waals surface area contributed by atoms with Crippen LogP contribution in [0.4, 0.5) is 0 Å². The van der Waals surface area contributed by atoms with Gasteiger partial charge in [-0.25, -0.2) is 0 Å². The molecule has 1 aromatic carbocycles. The molecule has 93 valence electrons. The molecule has 0 amide bonds. The quantitative estimate of drug-likeness (QED) is 0.571. The molecule has 1 aromatic rings. The summed E-state index contributed by atoms with van der Waals surface area (Å²) in [5, 5.41) is 9.70. The molecular formula is C15H21O2. The minimum absolute atomic E-state index is 0.0139. The van der Waals surface area contributed by atoms with E-state index < -0.39 is 0 Å². The van der Waals surface area contributed by atoms with Gasteiger partial charge >= 0.3 is 0 Å². The molecule has 0 aliphatic carbocycles. The first-order valence-electron chi connectivity index (χ1n) is 6.25. The highest BCUT2D eigenvalue weighted by molar-refractivity contribution is 6.04. The fourth-order valence-corrected chi connectivity index (χ4v) is 1.71. The van der Waals surface area contributed by atoms with Gasteiger partial charge in [0.25, 0.3) is 0 Å². The molecule has 1 N–H and O–H groups in total. The van der Waals surface area contributed by atoms with Crippen LogP contribution < -0.4 is 0 Å². The van der Waals surface area contributed by atoms with E-state index in [0.717, 1.165) is 19.3 Å². The van der Waals surface area contributed by atoms with Crippen LogP contribution in [-0.2, 0) is 0 Å². The predicted octanol–water partition coefficient (Wildman–Crippen LogP) is 3.99. The molecule has 0 heterocycles. The molecule has 0 spiro atoms. The summed E-state index contributed by atoms with van der Waals surface area (Å²) in [5.41, 5.74) is 0.564. The molecule has 0 unspecified atom stereocenters. The van der Waals surface area contributed by atoms with Gasteiger partial charge in [0.15, 0.2) is 11.9 Å². The number of aliphatic hydroxyl groups excluding tert-OH is 1. The minimum Gasteiger partial charge on any atom is -0.378 e. The van der Waals surface area contributed by atoms with Crippen molar-refractivity contribution in [2.45, 2.75) is 39.5 Å². The van der Waals surface area contributed by atoms with Crippen molar-refractivity contribution in [1.29, 1.82) is 0 Å². The van der Waals surface area contributed by atoms with E-state index in [1.807, 2.05) is 6.07 Å². The lowest BCUT2D eigenvalue weighted by molar-refractivity contribution is 0.0895. The fraction of sp³-hybridized carbons (Fsp3) is 0.467. The summed E-state index contributed by atoms with van der Waals surface area (Å²) < 4.78 is 0. The molecule has 0 saturated carbocycles. The van der Waals surface area contributed by atoms with Gasteiger partial charge in [-0.1, -0.05) is 57.0 Å². The zero-order chi connectivity index (χ0) is 12.7. The van der Waals surface area contributed by atoms with E-state index in [0.29, 0.717) is 17.9 Å². The van der Waals surface area contributed by atoms with Crippen LogP contribution in [0.2, 0.25) is 0 Å². The number of carbonyl (C=O) groups excluding carboxylic acids is 1. The van der Waals surface area contributed by atoms with Crippen molar-refractivity contribution in [2.75, 3.05) is 0 Å². The zero-order valence-corrected chi connectivity index (χ0v) is 10.6. The summed E-state index contributed by atoms with van der Waals surface area (Å²) in [6, 6.07) is 8.92. The second kappa shape index (κ2) is 7.23. The standard InChI is InChI=1S/C15H21O2/c1-12(2)8-6-7-11-14(16)15(17)13-9-4-3-5-10-13/h3-5,9-10,12,16H,6-8,11H2,1-2H3. The van der Waals surface area contributed by atoms with Gasteiger partial charge < -0.3 is 5.11 Å². The Kier molecular flexibility index (Phi) is 5.92. The maximum atomic E-state index is 11.8. The molecule has 1 radical (unpaired) electrons. The van der Waals surface area contributed by atoms with E-state index in [4.69, 9.17) is 0 Å². The minimum atomic E-state index is -0.241. The van der Waals surface area contributed by atoms with Crippen molar-refractivity contribution in [2.24, 2.45) is 5.92 Å². The van der Waals surface area contributed by atoms with Crippen molar-refractivity contribution < 1.29 is 9.90 Å². The van der Waals surface area contributed by atoms with Crippen molar-refractivity contribution in [1.82, 2.24) is 0 Å². The molecule has 0 saturated heterocycles. The molecule has 0 aliphatic heterocycles. The van der Waals surface area contributed by atoms with Crippen LogP contribution >= 0.6 is 0 Å². The number of unbranched alkanes of at least 4 members (excludes halogenated alkanes) is 1. The zero-order valence-electron chi connectivity index (χ0n) is 10.6. The van der Waals surface area contributed by atoms with Crippen LogP contribution in [0.1, 0.15) is 49.9 Å². The lowest BCUT2D eigenvalue weighted by Gasteiger charge is -2.09. The van der Waals surface area contributed by atoms with Crippen LogP contribution in [0.3, 0.4) is 0 Å². The fourth-order valence-electron chi connectivity index (χ4n) is 1.71. The number of Topliss-reactive ketones (excluding diaryl/α,β-unsaturated/α-hetero) is 1. The number of carbonyl (C=O) groups is 1. The van der Waals surface area contributed by atoms with Gasteiger partial charge in [0.05, 0.1) is 0 Å². The van der Waals surface area contributed by atoms with Crippen molar-refractivity contribution in [3.8, 4) is 0 Å². The van der Waals surface area contributed by atoms with E-state index in [9.17, 15) is 9.90 Å². The molecule has 17 heavy (non-hydrogen) atoms. The normalized spacial score (nSPS) is 11.1. The summed E-state index contributed by atoms with van der Waals surface area (Å²) in [5.74, 6) is 0.442. The number of hydrogen-bond acceptors (Lipinski definition) is 2. The lowest BCUT2D eigenvalue weighted by atomic mass is 9.99. The van der Waals surface area contributed by atoms with Crippen molar-refractivity contribution in [3.63, 3.8) is 0 Å². The largest absolute Gasteiger partial charge is 0.378 e. The van der Waals surface area contributed by atoms with E-state index in [-0.39, 0.29) is 11.9 Å². The Bertz CT molecular complexity index is 330. The Labute approximate surface area is 104 Å². The Balaban J connectivity index is 2.33. The number of ketones is 1. The Morgan fingerprint density at radius 1 is 1.18 bits per heavy atom. The molecule has 1 rings (SSSR count). The average molecular weight is 233 g/mol. The van der Waals surface area contributed by atoms with E-state index >= 15 is 0 Å². The summed E-state index contributed by atoms with van der Waals surface area (Å²) in [6.07, 6.45) is 3.56. The molecule has 0 bridgehead atoms. The molecule has 0 atom stereocenters. The van der Waals surface area contributed by atoms with Gasteiger partial charge in [-0.15, -0.1) is 0 Å². The maximum absolute atomic E-state index is 11.8. The van der Waals surface area contributed by atoms with Gasteiger partial charge in [-0.3, -0.25) is 4.79 Å². The van der Waals surface area contributed by atoms with Gasteiger partial charge in [0, 0.05) is 5.56 Å². The predicted molar refractivity (Wildman–Crippen MR) is 69.3 cm³/mol. The summed E-state index contributed by atoms with van der Waals surface area (Å²) in [6.45, 7) is 4.36. The SMILES string of the molecule is CC(C)CCCC[C](O)C(=O)c1ccccc1. The second-order valence-corrected chi connectivity index (χ2v) is 4.78. The maximum Gasteiger partial charge on any atom is 0.197 e. The number of hydrogen-bond donors (Lipinski definition) is 1. The van der Waals surface area contributed by atoms with Gasteiger partial charge in [0.1, 0.15) is 0 Å². The second-order valence-electron chi connectivity index (χ2n) is 4.78. The Morgan fingerprint density at radius 2 is 1.82 bits per heavy atom. The van der Waals surface area contributed by atoms with Gasteiger partial charge in [-0.2, -0.15) is 0 Å². The van der Waals surface area contributed by atoms with Crippen LogP contribution in [0, 0.1) is 12.0 Å². The highest BCUT2D eigenvalue weighted by atomic mass is 16.3. The first-order valence-corrected chi connectivity index (χ1v) is 6.25. The third-order valence-corrected chi connectivity index (χ3v) is 2.74. The number of aliphatic hydroxyl groups is 1. The molecule has 2 heteroatoms. The molecule has 0 aromatic heterocycles. The Hall–Kier alpha value is -1.15. The van der Waals surface area contributed by atoms with E-state index in [2.05, 4.69) is 13.8 Å². The first kappa shape index (κ1) is 13.9. The Morgan fingerprint density at radius 3 is 2.41 bits per heavy atom. The third-order valence-electron chi connectivity index (χ3n) is 2.74. The topological polar surface area (TPSA) is 37.3 Å². The highest BCUT2D eigenvalue weighted by Crippen LogP contribution is 2.16. The van der Waals surface area contributed by atoms with Crippen LogP contribution in [-0.4, -0.2) is 10.9 Å². The van der Waals surface area contributed by atoms with Crippen LogP contribution in [0.15, 0.2) is 30.3 Å². The number of benzene rings is 1. The number of rotatable bonds is 7. The van der Waals surface area contributed by atoms with Crippen molar-refractivity contribution >= 4 is 5.78 Å². The van der Waals surface area contributed by atoms with Crippen molar-refractivity contribution in [3.05, 3.63) is 42.0 Å². The average Bonchev–Trinajstić information content (AvgIpc) is 2.34. The molecule has 0 fully saturated rings. The summed E-state index contributed by atoms with van der Waals surface area (Å²) >= 11 is 0. The van der Waals surface area contributed by atoms with Gasteiger partial charge in [0.2, 0.25) is 0 Å². The molecule has 0 aliphatic rings. The third kappa shape index (κ3) is 5.14. The highest BCUT2D eigenvalue weighted by Gasteiger charge is 2.17.